The molecule has 0 N–H and O–H groups in total. The fourth-order valence-electron chi connectivity index (χ4n) is 7.62. The lowest BCUT2D eigenvalue weighted by Gasteiger charge is -2.35. The van der Waals surface area contributed by atoms with Crippen molar-refractivity contribution in [2.45, 2.75) is 19.3 Å². The summed E-state index contributed by atoms with van der Waals surface area (Å²) in [5.74, 6) is 1.93. The standard InChI is InChI=1S/C45H31NOS2/c1-45(2)36-23-18-29(26-38(36)47-44-37(45)24-25-41-43(44)35-13-7-9-15-40(35)48-41)28-16-19-31(20-17-28)46(30-10-4-3-5-11-30)32-21-22-34-33-12-6-8-14-39(33)49-42(34)27-32/h3-27H,1-2H3. The largest absolute Gasteiger partial charge is 0.456 e. The number of thiophene rings is 2. The van der Waals surface area contributed by atoms with Crippen LogP contribution < -0.4 is 9.64 Å². The van der Waals surface area contributed by atoms with E-state index in [1.807, 2.05) is 22.7 Å². The normalized spacial score (nSPS) is 13.4. The number of rotatable bonds is 4. The summed E-state index contributed by atoms with van der Waals surface area (Å²) in [4.78, 5) is 2.35. The number of ether oxygens (including phenoxy) is 1. The van der Waals surface area contributed by atoms with Crippen LogP contribution >= 0.6 is 22.7 Å². The topological polar surface area (TPSA) is 12.5 Å². The van der Waals surface area contributed by atoms with Gasteiger partial charge in [-0.3, -0.25) is 0 Å². The fraction of sp³-hybridized carbons (Fsp3) is 0.0667. The Labute approximate surface area is 293 Å². The van der Waals surface area contributed by atoms with E-state index in [4.69, 9.17) is 4.74 Å². The maximum atomic E-state index is 6.89. The van der Waals surface area contributed by atoms with E-state index in [-0.39, 0.29) is 5.41 Å². The molecule has 49 heavy (non-hydrogen) atoms. The Hall–Kier alpha value is -5.42. The number of hydrogen-bond donors (Lipinski definition) is 0. The molecule has 0 aliphatic carbocycles. The van der Waals surface area contributed by atoms with Gasteiger partial charge in [-0.05, 0) is 71.8 Å². The highest BCUT2D eigenvalue weighted by Gasteiger charge is 2.36. The van der Waals surface area contributed by atoms with Crippen molar-refractivity contribution in [2.24, 2.45) is 0 Å². The molecule has 10 rings (SSSR count). The van der Waals surface area contributed by atoms with Crippen LogP contribution in [-0.2, 0) is 5.41 Å². The first-order valence-electron chi connectivity index (χ1n) is 16.7. The third kappa shape index (κ3) is 4.45. The molecule has 234 valence electrons. The van der Waals surface area contributed by atoms with Gasteiger partial charge < -0.3 is 9.64 Å². The molecular weight excluding hydrogens is 635 g/mol. The summed E-state index contributed by atoms with van der Waals surface area (Å²) in [5, 5.41) is 5.11. The van der Waals surface area contributed by atoms with Gasteiger partial charge in [-0.2, -0.15) is 0 Å². The van der Waals surface area contributed by atoms with Crippen LogP contribution in [-0.4, -0.2) is 0 Å². The average molecular weight is 666 g/mol. The molecule has 7 aromatic carbocycles. The molecule has 1 aliphatic rings. The van der Waals surface area contributed by atoms with E-state index in [1.165, 1.54) is 51.5 Å². The molecule has 0 saturated carbocycles. The molecule has 1 aliphatic heterocycles. The van der Waals surface area contributed by atoms with Gasteiger partial charge in [0.05, 0.1) is 0 Å². The Kier molecular flexibility index (Phi) is 6.30. The summed E-state index contributed by atoms with van der Waals surface area (Å²) in [6.45, 7) is 4.63. The van der Waals surface area contributed by atoms with Gasteiger partial charge in [-0.15, -0.1) is 22.7 Å². The molecular formula is C45H31NOS2. The summed E-state index contributed by atoms with van der Waals surface area (Å²) in [6, 6.07) is 55.0. The van der Waals surface area contributed by atoms with Gasteiger partial charge in [0.2, 0.25) is 0 Å². The first-order valence-corrected chi connectivity index (χ1v) is 18.3. The minimum absolute atomic E-state index is 0.186. The zero-order valence-corrected chi connectivity index (χ0v) is 28.7. The molecule has 3 heterocycles. The zero-order valence-electron chi connectivity index (χ0n) is 27.1. The lowest BCUT2D eigenvalue weighted by molar-refractivity contribution is 0.423. The molecule has 4 heteroatoms. The molecule has 0 atom stereocenters. The van der Waals surface area contributed by atoms with E-state index in [0.29, 0.717) is 0 Å². The fourth-order valence-corrected chi connectivity index (χ4v) is 9.87. The third-order valence-electron chi connectivity index (χ3n) is 10.1. The number of hydrogen-bond acceptors (Lipinski definition) is 4. The number of para-hydroxylation sites is 1. The van der Waals surface area contributed by atoms with Crippen molar-refractivity contribution < 1.29 is 4.74 Å². The molecule has 0 saturated heterocycles. The molecule has 0 fully saturated rings. The Morgan fingerprint density at radius 2 is 1.08 bits per heavy atom. The number of benzene rings is 7. The van der Waals surface area contributed by atoms with Gasteiger partial charge in [-0.25, -0.2) is 0 Å². The first kappa shape index (κ1) is 28.6. The van der Waals surface area contributed by atoms with Crippen LogP contribution in [0.15, 0.2) is 152 Å². The van der Waals surface area contributed by atoms with Crippen molar-refractivity contribution >= 4 is 80.1 Å². The van der Waals surface area contributed by atoms with E-state index in [9.17, 15) is 0 Å². The lowest BCUT2D eigenvalue weighted by Crippen LogP contribution is -2.24. The highest BCUT2D eigenvalue weighted by atomic mass is 32.1. The van der Waals surface area contributed by atoms with Crippen molar-refractivity contribution in [2.75, 3.05) is 4.90 Å². The van der Waals surface area contributed by atoms with Crippen molar-refractivity contribution in [1.82, 2.24) is 0 Å². The van der Waals surface area contributed by atoms with Crippen LogP contribution in [0, 0.1) is 0 Å². The van der Waals surface area contributed by atoms with Gasteiger partial charge in [0.15, 0.2) is 0 Å². The maximum absolute atomic E-state index is 6.89. The van der Waals surface area contributed by atoms with Crippen LogP contribution in [0.4, 0.5) is 17.1 Å². The van der Waals surface area contributed by atoms with Crippen molar-refractivity contribution in [3.05, 3.63) is 163 Å². The Morgan fingerprint density at radius 3 is 1.90 bits per heavy atom. The number of fused-ring (bicyclic) bond motifs is 9. The number of nitrogens with zero attached hydrogens (tertiary/aromatic N) is 1. The van der Waals surface area contributed by atoms with E-state index < -0.39 is 0 Å². The van der Waals surface area contributed by atoms with Crippen molar-refractivity contribution in [3.63, 3.8) is 0 Å². The maximum Gasteiger partial charge on any atom is 0.140 e. The Bertz CT molecular complexity index is 2720. The Morgan fingerprint density at radius 1 is 0.469 bits per heavy atom. The molecule has 0 bridgehead atoms. The summed E-state index contributed by atoms with van der Waals surface area (Å²) in [5.41, 5.74) is 7.96. The minimum Gasteiger partial charge on any atom is -0.456 e. The van der Waals surface area contributed by atoms with Gasteiger partial charge in [0.1, 0.15) is 11.5 Å². The van der Waals surface area contributed by atoms with Crippen LogP contribution in [0.1, 0.15) is 25.0 Å². The Balaban J connectivity index is 1.04. The lowest BCUT2D eigenvalue weighted by atomic mass is 9.75. The zero-order chi connectivity index (χ0) is 32.7. The van der Waals surface area contributed by atoms with Gasteiger partial charge >= 0.3 is 0 Å². The SMILES string of the molecule is CC1(C)c2ccc(-c3ccc(N(c4ccccc4)c4ccc5c(c4)sc4ccccc45)cc3)cc2Oc2c1ccc1sc3ccccc3c21. The monoisotopic (exact) mass is 665 g/mol. The number of anilines is 3. The van der Waals surface area contributed by atoms with Gasteiger partial charge in [0.25, 0.3) is 0 Å². The molecule has 0 amide bonds. The average Bonchev–Trinajstić information content (AvgIpc) is 3.71. The second-order valence-electron chi connectivity index (χ2n) is 13.3. The van der Waals surface area contributed by atoms with E-state index >= 15 is 0 Å². The van der Waals surface area contributed by atoms with E-state index in [0.717, 1.165) is 39.7 Å². The van der Waals surface area contributed by atoms with Crippen LogP contribution in [0.25, 0.3) is 51.5 Å². The molecule has 2 aromatic heterocycles. The highest BCUT2D eigenvalue weighted by Crippen LogP contribution is 2.53. The third-order valence-corrected chi connectivity index (χ3v) is 12.4. The summed E-state index contributed by atoms with van der Waals surface area (Å²) in [6.07, 6.45) is 0. The van der Waals surface area contributed by atoms with E-state index in [2.05, 4.69) is 170 Å². The first-order chi connectivity index (χ1) is 24.0. The van der Waals surface area contributed by atoms with Crippen LogP contribution in [0.3, 0.4) is 0 Å². The van der Waals surface area contributed by atoms with Crippen LogP contribution in [0.2, 0.25) is 0 Å². The van der Waals surface area contributed by atoms with E-state index in [1.54, 1.807) is 0 Å². The van der Waals surface area contributed by atoms with Gasteiger partial charge in [-0.1, -0.05) is 105 Å². The second-order valence-corrected chi connectivity index (χ2v) is 15.5. The summed E-state index contributed by atoms with van der Waals surface area (Å²) in [7, 11) is 0. The molecule has 2 nitrogen and oxygen atoms in total. The second kappa shape index (κ2) is 10.8. The van der Waals surface area contributed by atoms with Gasteiger partial charge in [0, 0.05) is 73.9 Å². The summed E-state index contributed by atoms with van der Waals surface area (Å²) >= 11 is 3.69. The molecule has 9 aromatic rings. The quantitative estimate of drug-likeness (QED) is 0.185. The highest BCUT2D eigenvalue weighted by molar-refractivity contribution is 7.26. The van der Waals surface area contributed by atoms with Crippen molar-refractivity contribution in [3.8, 4) is 22.6 Å². The molecule has 0 spiro atoms. The minimum atomic E-state index is -0.186. The predicted octanol–water partition coefficient (Wildman–Crippen LogP) is 14.0. The summed E-state index contributed by atoms with van der Waals surface area (Å²) < 4.78 is 12.1. The van der Waals surface area contributed by atoms with Crippen LogP contribution in [0.5, 0.6) is 11.5 Å². The molecule has 0 unspecified atom stereocenters. The smallest absolute Gasteiger partial charge is 0.140 e. The predicted molar refractivity (Wildman–Crippen MR) is 211 cm³/mol. The van der Waals surface area contributed by atoms with Crippen molar-refractivity contribution in [1.29, 1.82) is 0 Å². The molecule has 0 radical (unpaired) electrons.